The van der Waals surface area contributed by atoms with Crippen LogP contribution in [0.2, 0.25) is 0 Å². The Balaban J connectivity index is 2.15. The highest BCUT2D eigenvalue weighted by atomic mass is 16.3. The Kier molecular flexibility index (Phi) is 3.49. The molecule has 0 radical (unpaired) electrons. The van der Waals surface area contributed by atoms with Crippen LogP contribution < -0.4 is 4.90 Å². The quantitative estimate of drug-likeness (QED) is 0.840. The molecule has 2 nitrogen and oxygen atoms in total. The fourth-order valence-electron chi connectivity index (χ4n) is 2.49. The van der Waals surface area contributed by atoms with Gasteiger partial charge in [0, 0.05) is 18.8 Å². The molecule has 0 bridgehead atoms. The van der Waals surface area contributed by atoms with Crippen molar-refractivity contribution >= 4 is 5.69 Å². The van der Waals surface area contributed by atoms with Gasteiger partial charge in [-0.25, -0.2) is 0 Å². The smallest absolute Gasteiger partial charge is 0.0552 e. The molecule has 0 aromatic heterocycles. The first-order valence-electron chi connectivity index (χ1n) is 6.25. The van der Waals surface area contributed by atoms with Crippen LogP contribution >= 0.6 is 0 Å². The number of nitrogens with zero attached hydrogens (tertiary/aromatic N) is 1. The van der Waals surface area contributed by atoms with Crippen LogP contribution in [0.3, 0.4) is 0 Å². The SMILES string of the molecule is CCCN1CCc2cc(CC(C)O)ccc21. The van der Waals surface area contributed by atoms with E-state index in [1.54, 1.807) is 0 Å². The molecule has 1 aliphatic heterocycles. The van der Waals surface area contributed by atoms with Crippen molar-refractivity contribution < 1.29 is 5.11 Å². The molecule has 16 heavy (non-hydrogen) atoms. The van der Waals surface area contributed by atoms with Crippen LogP contribution in [-0.2, 0) is 12.8 Å². The van der Waals surface area contributed by atoms with Gasteiger partial charge in [0.15, 0.2) is 0 Å². The molecule has 1 aromatic rings. The van der Waals surface area contributed by atoms with Gasteiger partial charge < -0.3 is 10.0 Å². The summed E-state index contributed by atoms with van der Waals surface area (Å²) in [4.78, 5) is 2.46. The molecule has 0 amide bonds. The Morgan fingerprint density at radius 3 is 2.94 bits per heavy atom. The fraction of sp³-hybridized carbons (Fsp3) is 0.571. The summed E-state index contributed by atoms with van der Waals surface area (Å²) >= 11 is 0. The van der Waals surface area contributed by atoms with E-state index in [9.17, 15) is 5.11 Å². The molecule has 0 saturated carbocycles. The maximum absolute atomic E-state index is 9.38. The van der Waals surface area contributed by atoms with Gasteiger partial charge in [-0.3, -0.25) is 0 Å². The third kappa shape index (κ3) is 2.38. The van der Waals surface area contributed by atoms with Gasteiger partial charge in [-0.05, 0) is 43.4 Å². The third-order valence-corrected chi connectivity index (χ3v) is 3.16. The molecule has 0 spiro atoms. The summed E-state index contributed by atoms with van der Waals surface area (Å²) in [5, 5.41) is 9.38. The number of aliphatic hydroxyl groups excluding tert-OH is 1. The maximum Gasteiger partial charge on any atom is 0.0552 e. The molecule has 0 saturated heterocycles. The normalized spacial score (nSPS) is 16.3. The van der Waals surface area contributed by atoms with E-state index in [-0.39, 0.29) is 6.10 Å². The van der Waals surface area contributed by atoms with Crippen LogP contribution in [0.25, 0.3) is 0 Å². The van der Waals surface area contributed by atoms with Gasteiger partial charge >= 0.3 is 0 Å². The minimum atomic E-state index is -0.244. The zero-order valence-electron chi connectivity index (χ0n) is 10.2. The molecule has 1 aromatic carbocycles. The van der Waals surface area contributed by atoms with Crippen LogP contribution in [-0.4, -0.2) is 24.3 Å². The zero-order chi connectivity index (χ0) is 11.5. The van der Waals surface area contributed by atoms with Gasteiger partial charge in [0.2, 0.25) is 0 Å². The van der Waals surface area contributed by atoms with E-state index < -0.39 is 0 Å². The Hall–Kier alpha value is -1.02. The van der Waals surface area contributed by atoms with Crippen LogP contribution in [0.5, 0.6) is 0 Å². The number of anilines is 1. The van der Waals surface area contributed by atoms with Crippen molar-refractivity contribution in [2.24, 2.45) is 0 Å². The number of benzene rings is 1. The van der Waals surface area contributed by atoms with Crippen LogP contribution in [0, 0.1) is 0 Å². The van der Waals surface area contributed by atoms with Crippen molar-refractivity contribution in [1.29, 1.82) is 0 Å². The minimum Gasteiger partial charge on any atom is -0.393 e. The van der Waals surface area contributed by atoms with Crippen LogP contribution in [0.15, 0.2) is 18.2 Å². The van der Waals surface area contributed by atoms with E-state index in [0.717, 1.165) is 25.9 Å². The van der Waals surface area contributed by atoms with Crippen molar-refractivity contribution in [2.75, 3.05) is 18.0 Å². The predicted octanol–water partition coefficient (Wildman–Crippen LogP) is 2.38. The summed E-state index contributed by atoms with van der Waals surface area (Å²) in [6, 6.07) is 6.63. The molecule has 2 heteroatoms. The summed E-state index contributed by atoms with van der Waals surface area (Å²) in [6.07, 6.45) is 2.88. The van der Waals surface area contributed by atoms with E-state index in [2.05, 4.69) is 30.0 Å². The summed E-state index contributed by atoms with van der Waals surface area (Å²) in [7, 11) is 0. The standard InChI is InChI=1S/C14H21NO/c1-3-7-15-8-6-13-10-12(9-11(2)16)4-5-14(13)15/h4-5,10-11,16H,3,6-9H2,1-2H3. The lowest BCUT2D eigenvalue weighted by Gasteiger charge is -2.18. The average molecular weight is 219 g/mol. The second-order valence-electron chi connectivity index (χ2n) is 4.75. The van der Waals surface area contributed by atoms with Gasteiger partial charge in [0.25, 0.3) is 0 Å². The molecule has 1 heterocycles. The van der Waals surface area contributed by atoms with Gasteiger partial charge in [-0.2, -0.15) is 0 Å². The second kappa shape index (κ2) is 4.88. The van der Waals surface area contributed by atoms with E-state index >= 15 is 0 Å². The van der Waals surface area contributed by atoms with E-state index in [4.69, 9.17) is 0 Å². The molecule has 88 valence electrons. The lowest BCUT2D eigenvalue weighted by Crippen LogP contribution is -2.20. The van der Waals surface area contributed by atoms with Crippen molar-refractivity contribution in [2.45, 2.75) is 39.2 Å². The van der Waals surface area contributed by atoms with E-state index in [1.807, 2.05) is 6.92 Å². The Labute approximate surface area is 97.9 Å². The molecule has 1 aliphatic rings. The minimum absolute atomic E-state index is 0.244. The van der Waals surface area contributed by atoms with E-state index in [1.165, 1.54) is 23.2 Å². The lowest BCUT2D eigenvalue weighted by molar-refractivity contribution is 0.195. The number of fused-ring (bicyclic) bond motifs is 1. The number of hydrogen-bond acceptors (Lipinski definition) is 2. The van der Waals surface area contributed by atoms with Crippen LogP contribution in [0.4, 0.5) is 5.69 Å². The second-order valence-corrected chi connectivity index (χ2v) is 4.75. The largest absolute Gasteiger partial charge is 0.393 e. The van der Waals surface area contributed by atoms with Crippen molar-refractivity contribution in [3.05, 3.63) is 29.3 Å². The molecular weight excluding hydrogens is 198 g/mol. The molecule has 1 N–H and O–H groups in total. The van der Waals surface area contributed by atoms with Gasteiger partial charge in [-0.1, -0.05) is 19.1 Å². The first-order chi connectivity index (χ1) is 7.70. The number of aliphatic hydroxyl groups is 1. The summed E-state index contributed by atoms with van der Waals surface area (Å²) in [5.41, 5.74) is 4.11. The zero-order valence-corrected chi connectivity index (χ0v) is 10.2. The molecule has 1 atom stereocenters. The number of rotatable bonds is 4. The predicted molar refractivity (Wildman–Crippen MR) is 68.0 cm³/mol. The third-order valence-electron chi connectivity index (χ3n) is 3.16. The maximum atomic E-state index is 9.38. The highest BCUT2D eigenvalue weighted by Crippen LogP contribution is 2.29. The molecule has 0 fully saturated rings. The van der Waals surface area contributed by atoms with Crippen molar-refractivity contribution in [3.63, 3.8) is 0 Å². The summed E-state index contributed by atoms with van der Waals surface area (Å²) < 4.78 is 0. The highest BCUT2D eigenvalue weighted by molar-refractivity contribution is 5.59. The first-order valence-corrected chi connectivity index (χ1v) is 6.25. The molecule has 2 rings (SSSR count). The van der Waals surface area contributed by atoms with E-state index in [0.29, 0.717) is 0 Å². The lowest BCUT2D eigenvalue weighted by atomic mass is 10.0. The molecule has 0 aliphatic carbocycles. The Morgan fingerprint density at radius 2 is 2.25 bits per heavy atom. The van der Waals surface area contributed by atoms with Gasteiger partial charge in [-0.15, -0.1) is 0 Å². The molecule has 1 unspecified atom stereocenters. The summed E-state index contributed by atoms with van der Waals surface area (Å²) in [5.74, 6) is 0. The number of hydrogen-bond donors (Lipinski definition) is 1. The van der Waals surface area contributed by atoms with Gasteiger partial charge in [0.05, 0.1) is 6.10 Å². The van der Waals surface area contributed by atoms with Crippen molar-refractivity contribution in [3.8, 4) is 0 Å². The first kappa shape index (κ1) is 11.5. The highest BCUT2D eigenvalue weighted by Gasteiger charge is 2.18. The Morgan fingerprint density at radius 1 is 1.44 bits per heavy atom. The van der Waals surface area contributed by atoms with Crippen LogP contribution in [0.1, 0.15) is 31.4 Å². The Bertz CT molecular complexity index is 360. The summed E-state index contributed by atoms with van der Waals surface area (Å²) in [6.45, 7) is 6.38. The molecular formula is C14H21NO. The van der Waals surface area contributed by atoms with Crippen molar-refractivity contribution in [1.82, 2.24) is 0 Å². The average Bonchev–Trinajstić information content (AvgIpc) is 2.61. The van der Waals surface area contributed by atoms with Gasteiger partial charge in [0.1, 0.15) is 0 Å². The fourth-order valence-corrected chi connectivity index (χ4v) is 2.49. The monoisotopic (exact) mass is 219 g/mol. The topological polar surface area (TPSA) is 23.5 Å².